The van der Waals surface area contributed by atoms with Crippen LogP contribution in [-0.4, -0.2) is 32.9 Å². The Labute approximate surface area is 97.8 Å². The smallest absolute Gasteiger partial charge is 0.217 e. The van der Waals surface area contributed by atoms with Gasteiger partial charge < -0.3 is 4.74 Å². The van der Waals surface area contributed by atoms with E-state index >= 15 is 0 Å². The van der Waals surface area contributed by atoms with Crippen molar-refractivity contribution in [2.75, 3.05) is 19.8 Å². The van der Waals surface area contributed by atoms with Crippen LogP contribution in [0.5, 0.6) is 0 Å². The minimum absolute atomic E-state index is 0.422. The Balaban J connectivity index is 1.87. The highest BCUT2D eigenvalue weighted by molar-refractivity contribution is 7.91. The van der Waals surface area contributed by atoms with Gasteiger partial charge in [-0.1, -0.05) is 6.92 Å². The fraction of sp³-hybridized carbons (Fsp3) is 1.00. The lowest BCUT2D eigenvalue weighted by Crippen LogP contribution is -2.40. The summed E-state index contributed by atoms with van der Waals surface area (Å²) in [5, 5.41) is 0. The van der Waals surface area contributed by atoms with Crippen molar-refractivity contribution in [3.63, 3.8) is 0 Å². The van der Waals surface area contributed by atoms with Gasteiger partial charge in [-0.15, -0.1) is 0 Å². The van der Waals surface area contributed by atoms with Gasteiger partial charge in [0.05, 0.1) is 4.75 Å². The quantitative estimate of drug-likeness (QED) is 0.810. The van der Waals surface area contributed by atoms with Gasteiger partial charge in [0.2, 0.25) is 10.0 Å². The highest BCUT2D eigenvalue weighted by Crippen LogP contribution is 2.42. The summed E-state index contributed by atoms with van der Waals surface area (Å²) in [5.74, 6) is 0.870. The zero-order chi connectivity index (χ0) is 11.8. The van der Waals surface area contributed by atoms with Crippen LogP contribution in [-0.2, 0) is 14.8 Å². The summed E-state index contributed by atoms with van der Waals surface area (Å²) in [6.45, 7) is 6.03. The Morgan fingerprint density at radius 3 is 2.69 bits per heavy atom. The molecule has 0 aromatic heterocycles. The van der Waals surface area contributed by atoms with Crippen LogP contribution in [0.4, 0.5) is 0 Å². The van der Waals surface area contributed by atoms with E-state index in [1.54, 1.807) is 0 Å². The topological polar surface area (TPSA) is 55.4 Å². The summed E-state index contributed by atoms with van der Waals surface area (Å²) < 4.78 is 31.5. The number of hydrogen-bond donors (Lipinski definition) is 1. The molecule has 2 fully saturated rings. The molecule has 2 atom stereocenters. The third-order valence-corrected chi connectivity index (χ3v) is 6.21. The van der Waals surface area contributed by atoms with Gasteiger partial charge in [-0.25, -0.2) is 13.1 Å². The van der Waals surface area contributed by atoms with E-state index in [9.17, 15) is 8.42 Å². The van der Waals surface area contributed by atoms with Gasteiger partial charge >= 0.3 is 0 Å². The average Bonchev–Trinajstić information content (AvgIpc) is 2.97. The van der Waals surface area contributed by atoms with Crippen molar-refractivity contribution in [1.82, 2.24) is 4.72 Å². The summed E-state index contributed by atoms with van der Waals surface area (Å²) >= 11 is 0. The number of sulfonamides is 1. The van der Waals surface area contributed by atoms with Gasteiger partial charge in [-0.2, -0.15) is 0 Å². The second-order valence-corrected chi connectivity index (χ2v) is 7.68. The molecule has 0 amide bonds. The molecule has 2 unspecified atom stereocenters. The molecule has 16 heavy (non-hydrogen) atoms. The molecule has 0 aromatic carbocycles. The zero-order valence-electron chi connectivity index (χ0n) is 10.0. The van der Waals surface area contributed by atoms with Crippen molar-refractivity contribution in [3.05, 3.63) is 0 Å². The fourth-order valence-corrected chi connectivity index (χ4v) is 3.48. The lowest BCUT2D eigenvalue weighted by molar-refractivity contribution is 0.0261. The maximum Gasteiger partial charge on any atom is 0.217 e. The Morgan fingerprint density at radius 1 is 1.44 bits per heavy atom. The van der Waals surface area contributed by atoms with Crippen LogP contribution in [0.2, 0.25) is 0 Å². The molecule has 0 aromatic rings. The first-order valence-corrected chi connectivity index (χ1v) is 7.50. The molecule has 1 saturated carbocycles. The number of hydrogen-bond acceptors (Lipinski definition) is 3. The fourth-order valence-electron chi connectivity index (χ4n) is 2.06. The van der Waals surface area contributed by atoms with Gasteiger partial charge in [0.15, 0.2) is 0 Å². The van der Waals surface area contributed by atoms with Crippen LogP contribution >= 0.6 is 0 Å². The molecule has 5 heteroatoms. The Kier molecular flexibility index (Phi) is 3.29. The van der Waals surface area contributed by atoms with E-state index in [1.165, 1.54) is 0 Å². The van der Waals surface area contributed by atoms with E-state index in [-0.39, 0.29) is 0 Å². The largest absolute Gasteiger partial charge is 0.381 e. The van der Waals surface area contributed by atoms with E-state index in [0.29, 0.717) is 18.4 Å². The summed E-state index contributed by atoms with van der Waals surface area (Å²) in [4.78, 5) is 0. The molecule has 2 aliphatic rings. The first-order valence-electron chi connectivity index (χ1n) is 6.02. The van der Waals surface area contributed by atoms with Crippen molar-refractivity contribution in [2.45, 2.75) is 37.9 Å². The normalized spacial score (nSPS) is 33.6. The number of nitrogens with one attached hydrogen (secondary N) is 1. The third-order valence-electron chi connectivity index (χ3n) is 3.96. The summed E-state index contributed by atoms with van der Waals surface area (Å²) in [7, 11) is -3.10. The van der Waals surface area contributed by atoms with Crippen LogP contribution in [0.25, 0.3) is 0 Å². The van der Waals surface area contributed by atoms with Gasteiger partial charge in [0.1, 0.15) is 0 Å². The van der Waals surface area contributed by atoms with Crippen molar-refractivity contribution in [1.29, 1.82) is 0 Å². The lowest BCUT2D eigenvalue weighted by Gasteiger charge is -2.29. The maximum atomic E-state index is 11.9. The molecule has 2 rings (SSSR count). The molecule has 1 saturated heterocycles. The molecule has 4 nitrogen and oxygen atoms in total. The van der Waals surface area contributed by atoms with Crippen LogP contribution in [0.3, 0.4) is 0 Å². The van der Waals surface area contributed by atoms with Crippen LogP contribution in [0, 0.1) is 11.8 Å². The molecule has 0 radical (unpaired) electrons. The molecule has 94 valence electrons. The maximum absolute atomic E-state index is 11.9. The van der Waals surface area contributed by atoms with E-state index in [1.807, 2.05) is 6.92 Å². The summed E-state index contributed by atoms with van der Waals surface area (Å²) in [6.07, 6.45) is 2.55. The second-order valence-electron chi connectivity index (χ2n) is 5.40. The monoisotopic (exact) mass is 247 g/mol. The van der Waals surface area contributed by atoms with E-state index in [4.69, 9.17) is 4.74 Å². The zero-order valence-corrected chi connectivity index (χ0v) is 10.8. The number of rotatable bonds is 4. The first-order chi connectivity index (χ1) is 7.45. The highest BCUT2D eigenvalue weighted by Gasteiger charge is 2.50. The van der Waals surface area contributed by atoms with Gasteiger partial charge in [-0.3, -0.25) is 0 Å². The molecule has 0 bridgehead atoms. The SMILES string of the molecule is CC1COCCC1CNS(=O)(=O)C1(C)CC1. The lowest BCUT2D eigenvalue weighted by atomic mass is 9.90. The molecule has 0 spiro atoms. The second kappa shape index (κ2) is 4.27. The third kappa shape index (κ3) is 2.41. The summed E-state index contributed by atoms with van der Waals surface area (Å²) in [6, 6.07) is 0. The van der Waals surface area contributed by atoms with E-state index in [2.05, 4.69) is 11.6 Å². The van der Waals surface area contributed by atoms with Crippen molar-refractivity contribution < 1.29 is 13.2 Å². The minimum Gasteiger partial charge on any atom is -0.381 e. The van der Waals surface area contributed by atoms with E-state index < -0.39 is 14.8 Å². The Morgan fingerprint density at radius 2 is 2.12 bits per heavy atom. The van der Waals surface area contributed by atoms with E-state index in [0.717, 1.165) is 32.5 Å². The van der Waals surface area contributed by atoms with Gasteiger partial charge in [-0.05, 0) is 38.0 Å². The van der Waals surface area contributed by atoms with Gasteiger partial charge in [0, 0.05) is 19.8 Å². The standard InChI is InChI=1S/C11H21NO3S/c1-9-8-15-6-3-10(9)7-12-16(13,14)11(2)4-5-11/h9-10,12H,3-8H2,1-2H3. The van der Waals surface area contributed by atoms with Gasteiger partial charge in [0.25, 0.3) is 0 Å². The predicted octanol–water partition coefficient (Wildman–Crippen LogP) is 1.13. The molecule has 1 N–H and O–H groups in total. The van der Waals surface area contributed by atoms with Crippen molar-refractivity contribution in [3.8, 4) is 0 Å². The molecule has 1 aliphatic heterocycles. The number of ether oxygens (including phenoxy) is 1. The molecule has 1 heterocycles. The minimum atomic E-state index is -3.10. The Bertz CT molecular complexity index is 348. The highest BCUT2D eigenvalue weighted by atomic mass is 32.2. The predicted molar refractivity (Wildman–Crippen MR) is 62.7 cm³/mol. The van der Waals surface area contributed by atoms with Crippen LogP contribution in [0.1, 0.15) is 33.1 Å². The van der Waals surface area contributed by atoms with Crippen LogP contribution < -0.4 is 4.72 Å². The van der Waals surface area contributed by atoms with Crippen LogP contribution in [0.15, 0.2) is 0 Å². The first kappa shape index (κ1) is 12.3. The van der Waals surface area contributed by atoms with Crippen molar-refractivity contribution in [2.24, 2.45) is 11.8 Å². The molecular formula is C11H21NO3S. The summed E-state index contributed by atoms with van der Waals surface area (Å²) in [5.41, 5.74) is 0. The molecular weight excluding hydrogens is 226 g/mol. The Hall–Kier alpha value is -0.130. The molecule has 1 aliphatic carbocycles. The van der Waals surface area contributed by atoms with Crippen molar-refractivity contribution >= 4 is 10.0 Å². The average molecular weight is 247 g/mol.